The monoisotopic (exact) mass is 466 g/mol. The standard InChI is InChI=1S/C20H17Cl3N4OS/c1-2-9-27-18(10-13-3-5-14(21)6-4-13)25-26-20(27)29-12-19(28)24-17-11-15(22)7-8-16(17)23/h2-8,11H,1,9-10,12H2,(H,24,28). The summed E-state index contributed by atoms with van der Waals surface area (Å²) < 4.78 is 1.94. The number of thioether (sulfide) groups is 1. The summed E-state index contributed by atoms with van der Waals surface area (Å²) in [4.78, 5) is 12.3. The number of rotatable bonds is 8. The molecule has 0 bridgehead atoms. The number of carbonyl (C=O) groups excluding carboxylic acids is 1. The first-order chi connectivity index (χ1) is 14.0. The third kappa shape index (κ3) is 6.00. The molecule has 0 atom stereocenters. The molecule has 0 aliphatic rings. The number of nitrogens with zero attached hydrogens (tertiary/aromatic N) is 3. The normalized spacial score (nSPS) is 10.7. The van der Waals surface area contributed by atoms with Gasteiger partial charge in [0.2, 0.25) is 5.91 Å². The maximum absolute atomic E-state index is 12.3. The van der Waals surface area contributed by atoms with Crippen LogP contribution in [0.2, 0.25) is 15.1 Å². The molecule has 1 amide bonds. The fraction of sp³-hybridized carbons (Fsp3) is 0.150. The molecule has 0 radical (unpaired) electrons. The van der Waals surface area contributed by atoms with Gasteiger partial charge in [0.25, 0.3) is 0 Å². The molecule has 0 spiro atoms. The Labute approximate surface area is 188 Å². The molecular formula is C20H17Cl3N4OS. The Morgan fingerprint density at radius 3 is 2.55 bits per heavy atom. The van der Waals surface area contributed by atoms with Crippen molar-refractivity contribution in [3.8, 4) is 0 Å². The van der Waals surface area contributed by atoms with E-state index < -0.39 is 0 Å². The summed E-state index contributed by atoms with van der Waals surface area (Å²) in [6.45, 7) is 4.34. The Morgan fingerprint density at radius 1 is 1.10 bits per heavy atom. The van der Waals surface area contributed by atoms with Crippen LogP contribution in [0.15, 0.2) is 60.3 Å². The van der Waals surface area contributed by atoms with Crippen LogP contribution >= 0.6 is 46.6 Å². The second-order valence-corrected chi connectivity index (χ2v) is 8.28. The van der Waals surface area contributed by atoms with Crippen molar-refractivity contribution in [3.63, 3.8) is 0 Å². The summed E-state index contributed by atoms with van der Waals surface area (Å²) in [6, 6.07) is 12.5. The molecule has 0 unspecified atom stereocenters. The van der Waals surface area contributed by atoms with E-state index in [-0.39, 0.29) is 11.7 Å². The van der Waals surface area contributed by atoms with Crippen LogP contribution in [0, 0.1) is 0 Å². The lowest BCUT2D eigenvalue weighted by molar-refractivity contribution is -0.113. The van der Waals surface area contributed by atoms with Gasteiger partial charge in [-0.05, 0) is 35.9 Å². The number of benzene rings is 2. The van der Waals surface area contributed by atoms with Crippen molar-refractivity contribution >= 4 is 58.2 Å². The molecule has 3 rings (SSSR count). The molecule has 0 saturated heterocycles. The molecule has 1 aromatic heterocycles. The fourth-order valence-electron chi connectivity index (χ4n) is 2.56. The van der Waals surface area contributed by atoms with Crippen LogP contribution in [0.5, 0.6) is 0 Å². The number of hydrogen-bond donors (Lipinski definition) is 1. The van der Waals surface area contributed by atoms with Gasteiger partial charge in [-0.15, -0.1) is 16.8 Å². The smallest absolute Gasteiger partial charge is 0.234 e. The Hall–Kier alpha value is -1.99. The fourth-order valence-corrected chi connectivity index (χ4v) is 3.79. The van der Waals surface area contributed by atoms with E-state index in [1.54, 1.807) is 24.3 Å². The maximum Gasteiger partial charge on any atom is 0.234 e. The second-order valence-electron chi connectivity index (χ2n) is 6.06. The van der Waals surface area contributed by atoms with E-state index in [0.717, 1.165) is 11.4 Å². The predicted molar refractivity (Wildman–Crippen MR) is 120 cm³/mol. The van der Waals surface area contributed by atoms with Crippen molar-refractivity contribution in [3.05, 3.63) is 81.6 Å². The van der Waals surface area contributed by atoms with Gasteiger partial charge in [0.15, 0.2) is 5.16 Å². The SMILES string of the molecule is C=CCn1c(Cc2ccc(Cl)cc2)nnc1SCC(=O)Nc1cc(Cl)ccc1Cl. The molecule has 5 nitrogen and oxygen atoms in total. The first kappa shape index (κ1) is 21.7. The zero-order chi connectivity index (χ0) is 20.8. The van der Waals surface area contributed by atoms with Crippen LogP contribution in [0.3, 0.4) is 0 Å². The number of anilines is 1. The molecule has 0 fully saturated rings. The van der Waals surface area contributed by atoms with Crippen molar-refractivity contribution in [2.75, 3.05) is 11.1 Å². The van der Waals surface area contributed by atoms with Crippen LogP contribution in [-0.4, -0.2) is 26.4 Å². The molecule has 0 saturated carbocycles. The Balaban J connectivity index is 1.67. The lowest BCUT2D eigenvalue weighted by atomic mass is 10.1. The summed E-state index contributed by atoms with van der Waals surface area (Å²) in [5.41, 5.74) is 1.54. The summed E-state index contributed by atoms with van der Waals surface area (Å²) in [5.74, 6) is 0.721. The Morgan fingerprint density at radius 2 is 1.83 bits per heavy atom. The van der Waals surface area contributed by atoms with Gasteiger partial charge < -0.3 is 9.88 Å². The van der Waals surface area contributed by atoms with Gasteiger partial charge in [-0.1, -0.05) is 64.8 Å². The van der Waals surface area contributed by atoms with E-state index in [1.807, 2.05) is 28.8 Å². The van der Waals surface area contributed by atoms with E-state index >= 15 is 0 Å². The number of halogens is 3. The molecular weight excluding hydrogens is 451 g/mol. The molecule has 0 aliphatic carbocycles. The number of carbonyl (C=O) groups is 1. The summed E-state index contributed by atoms with van der Waals surface area (Å²) in [6.07, 6.45) is 2.37. The topological polar surface area (TPSA) is 59.8 Å². The van der Waals surface area contributed by atoms with E-state index in [0.29, 0.717) is 38.9 Å². The minimum atomic E-state index is -0.216. The zero-order valence-electron chi connectivity index (χ0n) is 15.2. The molecule has 1 N–H and O–H groups in total. The van der Waals surface area contributed by atoms with Crippen molar-refractivity contribution in [1.29, 1.82) is 0 Å². The van der Waals surface area contributed by atoms with Crippen LogP contribution in [0.25, 0.3) is 0 Å². The van der Waals surface area contributed by atoms with Crippen LogP contribution < -0.4 is 5.32 Å². The quantitative estimate of drug-likeness (QED) is 0.339. The average molecular weight is 468 g/mol. The van der Waals surface area contributed by atoms with Crippen LogP contribution in [0.1, 0.15) is 11.4 Å². The molecule has 29 heavy (non-hydrogen) atoms. The molecule has 3 aromatic rings. The van der Waals surface area contributed by atoms with Crippen molar-refractivity contribution in [2.45, 2.75) is 18.1 Å². The average Bonchev–Trinajstić information content (AvgIpc) is 3.07. The van der Waals surface area contributed by atoms with E-state index in [4.69, 9.17) is 34.8 Å². The minimum Gasteiger partial charge on any atom is -0.324 e. The number of hydrogen-bond acceptors (Lipinski definition) is 4. The van der Waals surface area contributed by atoms with Crippen LogP contribution in [-0.2, 0) is 17.8 Å². The second kappa shape index (κ2) is 10.2. The zero-order valence-corrected chi connectivity index (χ0v) is 18.3. The van der Waals surface area contributed by atoms with Gasteiger partial charge in [0.1, 0.15) is 5.82 Å². The highest BCUT2D eigenvalue weighted by Crippen LogP contribution is 2.26. The summed E-state index contributed by atoms with van der Waals surface area (Å²) >= 11 is 19.3. The maximum atomic E-state index is 12.3. The lowest BCUT2D eigenvalue weighted by Gasteiger charge is -2.09. The highest BCUT2D eigenvalue weighted by atomic mass is 35.5. The van der Waals surface area contributed by atoms with Crippen molar-refractivity contribution < 1.29 is 4.79 Å². The summed E-state index contributed by atoms with van der Waals surface area (Å²) in [7, 11) is 0. The minimum absolute atomic E-state index is 0.152. The molecule has 9 heteroatoms. The largest absolute Gasteiger partial charge is 0.324 e. The van der Waals surface area contributed by atoms with Gasteiger partial charge in [-0.25, -0.2) is 0 Å². The molecule has 0 aliphatic heterocycles. The highest BCUT2D eigenvalue weighted by Gasteiger charge is 2.15. The number of aromatic nitrogens is 3. The molecule has 1 heterocycles. The first-order valence-electron chi connectivity index (χ1n) is 8.61. The first-order valence-corrected chi connectivity index (χ1v) is 10.7. The Kier molecular flexibility index (Phi) is 7.61. The predicted octanol–water partition coefficient (Wildman–Crippen LogP) is 5.75. The van der Waals surface area contributed by atoms with Gasteiger partial charge in [-0.3, -0.25) is 4.79 Å². The van der Waals surface area contributed by atoms with Gasteiger partial charge in [0.05, 0.1) is 16.5 Å². The van der Waals surface area contributed by atoms with Crippen molar-refractivity contribution in [1.82, 2.24) is 14.8 Å². The van der Waals surface area contributed by atoms with Gasteiger partial charge >= 0.3 is 0 Å². The third-order valence-corrected chi connectivity index (χ3v) is 5.70. The van der Waals surface area contributed by atoms with E-state index in [9.17, 15) is 4.79 Å². The third-order valence-electron chi connectivity index (χ3n) is 3.92. The highest BCUT2D eigenvalue weighted by molar-refractivity contribution is 7.99. The number of nitrogens with one attached hydrogen (secondary N) is 1. The van der Waals surface area contributed by atoms with Crippen molar-refractivity contribution in [2.24, 2.45) is 0 Å². The summed E-state index contributed by atoms with van der Waals surface area (Å²) in [5, 5.41) is 13.5. The van der Waals surface area contributed by atoms with Crippen LogP contribution in [0.4, 0.5) is 5.69 Å². The molecule has 150 valence electrons. The van der Waals surface area contributed by atoms with E-state index in [1.165, 1.54) is 11.8 Å². The lowest BCUT2D eigenvalue weighted by Crippen LogP contribution is -2.15. The number of allylic oxidation sites excluding steroid dienone is 1. The number of amides is 1. The molecule has 2 aromatic carbocycles. The van der Waals surface area contributed by atoms with E-state index in [2.05, 4.69) is 22.1 Å². The van der Waals surface area contributed by atoms with Gasteiger partial charge in [0, 0.05) is 23.0 Å². The Bertz CT molecular complexity index is 1020. The van der Waals surface area contributed by atoms with Gasteiger partial charge in [-0.2, -0.15) is 0 Å².